The van der Waals surface area contributed by atoms with Crippen LogP contribution in [-0.2, 0) is 0 Å². The van der Waals surface area contributed by atoms with Gasteiger partial charge in [-0.25, -0.2) is 0 Å². The second-order valence-corrected chi connectivity index (χ2v) is 4.39. The van der Waals surface area contributed by atoms with Crippen molar-refractivity contribution in [2.45, 2.75) is 32.9 Å². The van der Waals surface area contributed by atoms with E-state index in [1.54, 1.807) is 6.07 Å². The Morgan fingerprint density at radius 1 is 1.47 bits per heavy atom. The van der Waals surface area contributed by atoms with E-state index in [1.165, 1.54) is 0 Å². The van der Waals surface area contributed by atoms with Crippen LogP contribution in [-0.4, -0.2) is 36.0 Å². The summed E-state index contributed by atoms with van der Waals surface area (Å²) in [5.41, 5.74) is 0. The summed E-state index contributed by atoms with van der Waals surface area (Å²) in [4.78, 5) is 14.0. The highest BCUT2D eigenvalue weighted by Gasteiger charge is 2.29. The van der Waals surface area contributed by atoms with Gasteiger partial charge >= 0.3 is 0 Å². The molecule has 2 rings (SSSR count). The number of aryl methyl sites for hydroxylation is 1. The van der Waals surface area contributed by atoms with Gasteiger partial charge in [0, 0.05) is 25.2 Å². The Morgan fingerprint density at radius 2 is 2.18 bits per heavy atom. The number of nitrogens with zero attached hydrogens (tertiary/aromatic N) is 1. The molecule has 0 aromatic carbocycles. The van der Waals surface area contributed by atoms with E-state index in [0.29, 0.717) is 11.8 Å². The number of hydrogen-bond acceptors (Lipinski definition) is 3. The van der Waals surface area contributed by atoms with Gasteiger partial charge in [0.1, 0.15) is 5.76 Å². The molecule has 0 saturated carbocycles. The van der Waals surface area contributed by atoms with Gasteiger partial charge in [-0.15, -0.1) is 12.4 Å². The quantitative estimate of drug-likeness (QED) is 0.836. The monoisotopic (exact) mass is 258 g/mol. The summed E-state index contributed by atoms with van der Waals surface area (Å²) in [6.45, 7) is 7.59. The van der Waals surface area contributed by atoms with E-state index in [2.05, 4.69) is 19.2 Å². The van der Waals surface area contributed by atoms with E-state index in [4.69, 9.17) is 4.42 Å². The number of furan rings is 1. The fourth-order valence-corrected chi connectivity index (χ4v) is 2.03. The summed E-state index contributed by atoms with van der Waals surface area (Å²) in [7, 11) is 0. The molecule has 4 nitrogen and oxygen atoms in total. The van der Waals surface area contributed by atoms with Crippen molar-refractivity contribution >= 4 is 18.3 Å². The zero-order valence-corrected chi connectivity index (χ0v) is 11.2. The highest BCUT2D eigenvalue weighted by atomic mass is 35.5. The summed E-state index contributed by atoms with van der Waals surface area (Å²) in [6, 6.07) is 4.10. The molecule has 1 amide bonds. The second-order valence-electron chi connectivity index (χ2n) is 4.39. The minimum absolute atomic E-state index is 0. The average molecular weight is 259 g/mol. The zero-order valence-electron chi connectivity index (χ0n) is 10.4. The summed E-state index contributed by atoms with van der Waals surface area (Å²) in [6.07, 6.45) is 0. The molecular formula is C12H19ClN2O2. The summed E-state index contributed by atoms with van der Waals surface area (Å²) >= 11 is 0. The molecule has 1 N–H and O–H groups in total. The number of amides is 1. The first-order valence-corrected chi connectivity index (χ1v) is 5.70. The van der Waals surface area contributed by atoms with Crippen molar-refractivity contribution in [1.82, 2.24) is 10.2 Å². The molecule has 1 saturated heterocycles. The highest BCUT2D eigenvalue weighted by Crippen LogP contribution is 2.15. The number of nitrogens with one attached hydrogen (secondary N) is 1. The van der Waals surface area contributed by atoms with E-state index < -0.39 is 0 Å². The molecule has 1 aliphatic rings. The zero-order chi connectivity index (χ0) is 11.7. The van der Waals surface area contributed by atoms with Crippen LogP contribution in [0.2, 0.25) is 0 Å². The maximum Gasteiger partial charge on any atom is 0.289 e. The van der Waals surface area contributed by atoms with Gasteiger partial charge in [-0.05, 0) is 32.9 Å². The predicted molar refractivity (Wildman–Crippen MR) is 68.7 cm³/mol. The fourth-order valence-electron chi connectivity index (χ4n) is 2.03. The van der Waals surface area contributed by atoms with Crippen LogP contribution in [0.15, 0.2) is 16.5 Å². The van der Waals surface area contributed by atoms with Gasteiger partial charge in [0.2, 0.25) is 0 Å². The Kier molecular flexibility index (Phi) is 4.60. The minimum atomic E-state index is -0.00560. The molecule has 5 heteroatoms. The lowest BCUT2D eigenvalue weighted by Crippen LogP contribution is -2.57. The number of carbonyl (C=O) groups excluding carboxylic acids is 1. The third-order valence-corrected chi connectivity index (χ3v) is 3.25. The number of halogens is 1. The first-order chi connectivity index (χ1) is 7.59. The van der Waals surface area contributed by atoms with Gasteiger partial charge in [0.05, 0.1) is 0 Å². The Bertz CT molecular complexity index is 392. The lowest BCUT2D eigenvalue weighted by atomic mass is 10.1. The van der Waals surface area contributed by atoms with Gasteiger partial charge < -0.3 is 14.6 Å². The summed E-state index contributed by atoms with van der Waals surface area (Å²) in [5.74, 6) is 1.21. The van der Waals surface area contributed by atoms with Crippen molar-refractivity contribution in [2.24, 2.45) is 0 Å². The lowest BCUT2D eigenvalue weighted by molar-refractivity contribution is 0.0569. The molecule has 0 spiro atoms. The third-order valence-electron chi connectivity index (χ3n) is 3.25. The largest absolute Gasteiger partial charge is 0.456 e. The highest BCUT2D eigenvalue weighted by molar-refractivity contribution is 5.91. The normalized spacial score (nSPS) is 24.3. The van der Waals surface area contributed by atoms with E-state index in [-0.39, 0.29) is 24.4 Å². The average Bonchev–Trinajstić information content (AvgIpc) is 2.68. The standard InChI is InChI=1S/C12H18N2O2.ClH/c1-8-4-5-11(16-8)12(15)14-7-6-13-9(2)10(14)3;/h4-5,9-10,13H,6-7H2,1-3H3;1H. The van der Waals surface area contributed by atoms with Crippen LogP contribution < -0.4 is 5.32 Å². The SMILES string of the molecule is Cc1ccc(C(=O)N2CCNC(C)C2C)o1.Cl. The molecule has 1 aliphatic heterocycles. The molecule has 1 fully saturated rings. The van der Waals surface area contributed by atoms with Crippen LogP contribution in [0.25, 0.3) is 0 Å². The number of hydrogen-bond donors (Lipinski definition) is 1. The van der Waals surface area contributed by atoms with Crippen LogP contribution in [0.1, 0.15) is 30.2 Å². The van der Waals surface area contributed by atoms with E-state index >= 15 is 0 Å². The molecule has 96 valence electrons. The summed E-state index contributed by atoms with van der Waals surface area (Å²) in [5, 5.41) is 3.35. The first kappa shape index (κ1) is 14.1. The van der Waals surface area contributed by atoms with Gasteiger partial charge in [-0.2, -0.15) is 0 Å². The van der Waals surface area contributed by atoms with Gasteiger partial charge in [-0.1, -0.05) is 0 Å². The van der Waals surface area contributed by atoms with Gasteiger partial charge in [0.15, 0.2) is 5.76 Å². The molecule has 0 radical (unpaired) electrons. The van der Waals surface area contributed by atoms with E-state index in [0.717, 1.165) is 18.8 Å². The second kappa shape index (κ2) is 5.56. The van der Waals surface area contributed by atoms with Crippen molar-refractivity contribution in [1.29, 1.82) is 0 Å². The Balaban J connectivity index is 0.00000144. The van der Waals surface area contributed by atoms with E-state index in [9.17, 15) is 4.79 Å². The maximum atomic E-state index is 12.2. The Labute approximate surface area is 108 Å². The minimum Gasteiger partial charge on any atom is -0.456 e. The van der Waals surface area contributed by atoms with Crippen molar-refractivity contribution in [3.8, 4) is 0 Å². The lowest BCUT2D eigenvalue weighted by Gasteiger charge is -2.38. The molecule has 17 heavy (non-hydrogen) atoms. The van der Waals surface area contributed by atoms with Crippen LogP contribution in [0.3, 0.4) is 0 Å². The first-order valence-electron chi connectivity index (χ1n) is 5.70. The third kappa shape index (κ3) is 2.82. The van der Waals surface area contributed by atoms with Crippen LogP contribution in [0.4, 0.5) is 0 Å². The molecule has 2 heterocycles. The predicted octanol–water partition coefficient (Wildman–Crippen LogP) is 1.83. The maximum absolute atomic E-state index is 12.2. The smallest absolute Gasteiger partial charge is 0.289 e. The molecule has 0 aliphatic carbocycles. The number of piperazine rings is 1. The van der Waals surface area contributed by atoms with Crippen LogP contribution >= 0.6 is 12.4 Å². The number of carbonyl (C=O) groups is 1. The molecule has 1 aromatic rings. The van der Waals surface area contributed by atoms with Crippen LogP contribution in [0.5, 0.6) is 0 Å². The topological polar surface area (TPSA) is 45.5 Å². The molecular weight excluding hydrogens is 240 g/mol. The number of rotatable bonds is 1. The van der Waals surface area contributed by atoms with Crippen molar-refractivity contribution < 1.29 is 9.21 Å². The van der Waals surface area contributed by atoms with E-state index in [1.807, 2.05) is 17.9 Å². The molecule has 0 bridgehead atoms. The van der Waals surface area contributed by atoms with Gasteiger partial charge in [0.25, 0.3) is 5.91 Å². The fraction of sp³-hybridized carbons (Fsp3) is 0.583. The molecule has 2 atom stereocenters. The van der Waals surface area contributed by atoms with Crippen molar-refractivity contribution in [2.75, 3.05) is 13.1 Å². The Morgan fingerprint density at radius 3 is 2.76 bits per heavy atom. The molecule has 2 unspecified atom stereocenters. The van der Waals surface area contributed by atoms with Crippen molar-refractivity contribution in [3.63, 3.8) is 0 Å². The van der Waals surface area contributed by atoms with Crippen molar-refractivity contribution in [3.05, 3.63) is 23.7 Å². The van der Waals surface area contributed by atoms with Crippen LogP contribution in [0, 0.1) is 6.92 Å². The Hall–Kier alpha value is -1.00. The van der Waals surface area contributed by atoms with Gasteiger partial charge in [-0.3, -0.25) is 4.79 Å². The molecule has 1 aromatic heterocycles. The summed E-state index contributed by atoms with van der Waals surface area (Å²) < 4.78 is 5.37.